The average Bonchev–Trinajstić information content (AvgIpc) is 3.53. The maximum atomic E-state index is 13.2. The highest BCUT2D eigenvalue weighted by Crippen LogP contribution is 2.30. The highest BCUT2D eigenvalue weighted by Gasteiger charge is 2.35. The Morgan fingerprint density at radius 1 is 1.24 bits per heavy atom. The predicted molar refractivity (Wildman–Crippen MR) is 131 cm³/mol. The quantitative estimate of drug-likeness (QED) is 0.520. The van der Waals surface area contributed by atoms with E-state index in [0.29, 0.717) is 31.0 Å². The van der Waals surface area contributed by atoms with Gasteiger partial charge >= 0.3 is 6.03 Å². The third-order valence-corrected chi connectivity index (χ3v) is 7.00. The summed E-state index contributed by atoms with van der Waals surface area (Å²) in [4.78, 5) is 29.2. The lowest BCUT2D eigenvalue weighted by atomic mass is 10.0. The fraction of sp³-hybridized carbons (Fsp3) is 0.375. The standard InChI is InChI=1S/C24H30N6O3S/c1-16-22(26-9-10-29(16)24(32)28(2)3)20-12-21(30(27-20)23(31)19-8-11-33-14-19)34-15-18-6-4-17(13-25)5-7-18/h4-8,11-12,14,16,22,26H,9-10,13,15,25H2,1-3H3. The molecule has 1 fully saturated rings. The number of benzene rings is 1. The number of nitrogens with zero attached hydrogens (tertiary/aromatic N) is 4. The average molecular weight is 483 g/mol. The number of urea groups is 1. The molecule has 3 heterocycles. The number of carbonyl (C=O) groups excluding carboxylic acids is 2. The van der Waals surface area contributed by atoms with Crippen molar-refractivity contribution in [2.75, 3.05) is 27.2 Å². The summed E-state index contributed by atoms with van der Waals surface area (Å²) >= 11 is 1.54. The molecule has 3 aromatic rings. The Hall–Kier alpha value is -3.08. The van der Waals surface area contributed by atoms with Crippen molar-refractivity contribution >= 4 is 23.7 Å². The Kier molecular flexibility index (Phi) is 7.40. The zero-order valence-corrected chi connectivity index (χ0v) is 20.4. The van der Waals surface area contributed by atoms with Crippen LogP contribution in [0.2, 0.25) is 0 Å². The molecule has 1 aromatic carbocycles. The molecular weight excluding hydrogens is 452 g/mol. The molecule has 10 heteroatoms. The van der Waals surface area contributed by atoms with Crippen molar-refractivity contribution in [1.82, 2.24) is 24.9 Å². The second kappa shape index (κ2) is 10.5. The Labute approximate surface area is 203 Å². The summed E-state index contributed by atoms with van der Waals surface area (Å²) in [6, 6.07) is 11.3. The first-order valence-electron chi connectivity index (χ1n) is 11.2. The molecule has 1 aliphatic heterocycles. The number of hydrogen-bond acceptors (Lipinski definition) is 7. The summed E-state index contributed by atoms with van der Waals surface area (Å²) in [5.74, 6) is 0.416. The van der Waals surface area contributed by atoms with Crippen LogP contribution in [0.15, 0.2) is 58.4 Å². The van der Waals surface area contributed by atoms with Gasteiger partial charge in [-0.15, -0.1) is 11.8 Å². The monoisotopic (exact) mass is 482 g/mol. The Balaban J connectivity index is 1.61. The van der Waals surface area contributed by atoms with Gasteiger partial charge < -0.3 is 25.3 Å². The lowest BCUT2D eigenvalue weighted by Gasteiger charge is -2.40. The SMILES string of the molecule is CC1C(c2cc(SCc3ccc(CN)cc3)n(C(=O)c3ccoc3)n2)NCCN1C(=O)N(C)C. The van der Waals surface area contributed by atoms with Crippen LogP contribution in [0.4, 0.5) is 4.79 Å². The number of thioether (sulfide) groups is 1. The van der Waals surface area contributed by atoms with Crippen molar-refractivity contribution in [2.24, 2.45) is 5.73 Å². The van der Waals surface area contributed by atoms with Gasteiger partial charge in [0.1, 0.15) is 11.3 Å². The van der Waals surface area contributed by atoms with Crippen LogP contribution in [-0.4, -0.2) is 64.7 Å². The van der Waals surface area contributed by atoms with E-state index < -0.39 is 0 Å². The molecule has 0 bridgehead atoms. The Bertz CT molecular complexity index is 1130. The number of piperazine rings is 1. The third-order valence-electron chi connectivity index (χ3n) is 5.94. The normalized spacial score (nSPS) is 18.2. The van der Waals surface area contributed by atoms with Crippen LogP contribution in [0.1, 0.15) is 40.1 Å². The summed E-state index contributed by atoms with van der Waals surface area (Å²) in [7, 11) is 3.50. The first-order valence-corrected chi connectivity index (χ1v) is 12.2. The van der Waals surface area contributed by atoms with E-state index in [-0.39, 0.29) is 24.0 Å². The van der Waals surface area contributed by atoms with Gasteiger partial charge in [-0.2, -0.15) is 9.78 Å². The second-order valence-electron chi connectivity index (χ2n) is 8.49. The minimum absolute atomic E-state index is 0.0385. The maximum absolute atomic E-state index is 13.2. The minimum Gasteiger partial charge on any atom is -0.472 e. The zero-order valence-electron chi connectivity index (χ0n) is 19.6. The molecule has 0 spiro atoms. The van der Waals surface area contributed by atoms with Crippen LogP contribution < -0.4 is 11.1 Å². The van der Waals surface area contributed by atoms with Crippen molar-refractivity contribution in [2.45, 2.75) is 36.3 Å². The molecule has 180 valence electrons. The summed E-state index contributed by atoms with van der Waals surface area (Å²) in [6.45, 7) is 3.76. The van der Waals surface area contributed by atoms with Crippen molar-refractivity contribution in [1.29, 1.82) is 0 Å². The third kappa shape index (κ3) is 5.03. The maximum Gasteiger partial charge on any atom is 0.319 e. The van der Waals surface area contributed by atoms with Gasteiger partial charge in [-0.1, -0.05) is 24.3 Å². The van der Waals surface area contributed by atoms with E-state index >= 15 is 0 Å². The number of nitrogens with one attached hydrogen (secondary N) is 1. The predicted octanol–water partition coefficient (Wildman–Crippen LogP) is 2.93. The first kappa shape index (κ1) is 24.1. The van der Waals surface area contributed by atoms with Gasteiger partial charge in [0.15, 0.2) is 0 Å². The number of furan rings is 1. The van der Waals surface area contributed by atoms with E-state index in [0.717, 1.165) is 21.8 Å². The molecule has 0 aliphatic carbocycles. The van der Waals surface area contributed by atoms with Gasteiger partial charge in [-0.05, 0) is 30.2 Å². The van der Waals surface area contributed by atoms with Gasteiger partial charge in [-0.3, -0.25) is 4.79 Å². The fourth-order valence-electron chi connectivity index (χ4n) is 3.99. The van der Waals surface area contributed by atoms with E-state index in [4.69, 9.17) is 15.2 Å². The van der Waals surface area contributed by atoms with Crippen LogP contribution in [0.3, 0.4) is 0 Å². The van der Waals surface area contributed by atoms with E-state index in [1.807, 2.05) is 42.2 Å². The number of amides is 2. The lowest BCUT2D eigenvalue weighted by molar-refractivity contribution is 0.0930. The van der Waals surface area contributed by atoms with E-state index in [2.05, 4.69) is 5.32 Å². The van der Waals surface area contributed by atoms with Gasteiger partial charge in [-0.25, -0.2) is 4.79 Å². The largest absolute Gasteiger partial charge is 0.472 e. The van der Waals surface area contributed by atoms with E-state index in [9.17, 15) is 9.59 Å². The summed E-state index contributed by atoms with van der Waals surface area (Å²) in [6.07, 6.45) is 2.89. The molecule has 34 heavy (non-hydrogen) atoms. The van der Waals surface area contributed by atoms with Gasteiger partial charge in [0.25, 0.3) is 5.91 Å². The topological polar surface area (TPSA) is 110 Å². The second-order valence-corrected chi connectivity index (χ2v) is 9.48. The van der Waals surface area contributed by atoms with Crippen molar-refractivity contribution in [3.63, 3.8) is 0 Å². The minimum atomic E-state index is -0.259. The molecule has 3 N–H and O–H groups in total. The number of nitrogens with two attached hydrogens (primary N) is 1. The highest BCUT2D eigenvalue weighted by atomic mass is 32.2. The molecule has 0 radical (unpaired) electrons. The molecule has 1 aliphatic rings. The fourth-order valence-corrected chi connectivity index (χ4v) is 4.95. The Morgan fingerprint density at radius 2 is 1.97 bits per heavy atom. The van der Waals surface area contributed by atoms with E-state index in [1.54, 1.807) is 25.1 Å². The Morgan fingerprint density at radius 3 is 2.62 bits per heavy atom. The molecule has 4 rings (SSSR count). The van der Waals surface area contributed by atoms with Crippen molar-refractivity contribution < 1.29 is 14.0 Å². The highest BCUT2D eigenvalue weighted by molar-refractivity contribution is 7.98. The van der Waals surface area contributed by atoms with Crippen LogP contribution in [0, 0.1) is 0 Å². The van der Waals surface area contributed by atoms with Crippen LogP contribution >= 0.6 is 11.8 Å². The molecular formula is C24H30N6O3S. The summed E-state index contributed by atoms with van der Waals surface area (Å²) < 4.78 is 6.54. The number of aromatic nitrogens is 2. The smallest absolute Gasteiger partial charge is 0.319 e. The molecule has 2 aromatic heterocycles. The van der Waals surface area contributed by atoms with Crippen LogP contribution in [0.25, 0.3) is 0 Å². The number of rotatable bonds is 6. The van der Waals surface area contributed by atoms with Gasteiger partial charge in [0.05, 0.1) is 29.6 Å². The number of carbonyl (C=O) groups is 2. The van der Waals surface area contributed by atoms with Crippen molar-refractivity contribution in [3.05, 3.63) is 71.3 Å². The summed E-state index contributed by atoms with van der Waals surface area (Å²) in [5, 5.41) is 8.89. The van der Waals surface area contributed by atoms with Gasteiger partial charge in [0, 0.05) is 39.5 Å². The van der Waals surface area contributed by atoms with Gasteiger partial charge in [0.2, 0.25) is 0 Å². The molecule has 2 unspecified atom stereocenters. The zero-order chi connectivity index (χ0) is 24.2. The van der Waals surface area contributed by atoms with Crippen LogP contribution in [0.5, 0.6) is 0 Å². The van der Waals surface area contributed by atoms with Crippen molar-refractivity contribution in [3.8, 4) is 0 Å². The molecule has 1 saturated heterocycles. The first-order chi connectivity index (χ1) is 16.4. The lowest BCUT2D eigenvalue weighted by Crippen LogP contribution is -2.56. The summed E-state index contributed by atoms with van der Waals surface area (Å²) in [5.41, 5.74) is 9.05. The molecule has 9 nitrogen and oxygen atoms in total. The van der Waals surface area contributed by atoms with E-state index in [1.165, 1.54) is 29.0 Å². The van der Waals surface area contributed by atoms with Crippen LogP contribution in [-0.2, 0) is 12.3 Å². The molecule has 2 amide bonds. The molecule has 0 saturated carbocycles. The molecule has 2 atom stereocenters. The number of hydrogen-bond donors (Lipinski definition) is 2.